The topological polar surface area (TPSA) is 37.3 Å². The summed E-state index contributed by atoms with van der Waals surface area (Å²) in [6.07, 6.45) is 6.42. The van der Waals surface area contributed by atoms with Gasteiger partial charge in [-0.3, -0.25) is 0 Å². The molecule has 0 spiro atoms. The van der Waals surface area contributed by atoms with Gasteiger partial charge in [0.15, 0.2) is 0 Å². The van der Waals surface area contributed by atoms with Crippen LogP contribution < -0.4 is 10.4 Å². The Morgan fingerprint density at radius 1 is 1.19 bits per heavy atom. The Morgan fingerprint density at radius 2 is 2.00 bits per heavy atom. The maximum absolute atomic E-state index is 11.1. The van der Waals surface area contributed by atoms with Gasteiger partial charge in [0.2, 0.25) is 0 Å². The van der Waals surface area contributed by atoms with Gasteiger partial charge in [0.25, 0.3) is 0 Å². The van der Waals surface area contributed by atoms with Crippen molar-refractivity contribution in [1.29, 1.82) is 0 Å². The van der Waals surface area contributed by atoms with Crippen LogP contribution in [-0.2, 0) is 4.79 Å². The van der Waals surface area contributed by atoms with E-state index in [0.717, 1.165) is 21.6 Å². The van der Waals surface area contributed by atoms with Gasteiger partial charge in [-0.15, -0.1) is 0 Å². The third-order valence-electron chi connectivity index (χ3n) is 3.03. The van der Waals surface area contributed by atoms with Crippen LogP contribution in [0.5, 0.6) is 0 Å². The lowest BCUT2D eigenvalue weighted by Crippen LogP contribution is -2.21. The van der Waals surface area contributed by atoms with Gasteiger partial charge in [0, 0.05) is 5.57 Å². The summed E-state index contributed by atoms with van der Waals surface area (Å²) in [5.74, 6) is -0.819. The van der Waals surface area contributed by atoms with Crippen molar-refractivity contribution in [3.8, 4) is 0 Å². The summed E-state index contributed by atoms with van der Waals surface area (Å²) < 4.78 is 0. The zero-order chi connectivity index (χ0) is 11.1. The molecule has 0 aromatic heterocycles. The first kappa shape index (κ1) is 9.16. The summed E-state index contributed by atoms with van der Waals surface area (Å²) in [4.78, 5) is 11.1. The standard InChI is InChI=1S/C14H10O2/c15-14(16)12-7-3-6-11-10-5-2-1-4-9(10)8-13(11)12/h1-6,8H,7H2,(H,15,16). The molecule has 0 saturated carbocycles. The molecule has 0 radical (unpaired) electrons. The molecule has 2 heteroatoms. The molecule has 1 aromatic carbocycles. The lowest BCUT2D eigenvalue weighted by molar-refractivity contribution is -0.132. The smallest absolute Gasteiger partial charge is 0.332 e. The van der Waals surface area contributed by atoms with Crippen LogP contribution in [0.25, 0.3) is 11.6 Å². The first-order valence-corrected chi connectivity index (χ1v) is 5.22. The van der Waals surface area contributed by atoms with Crippen molar-refractivity contribution in [2.75, 3.05) is 0 Å². The zero-order valence-corrected chi connectivity index (χ0v) is 8.60. The van der Waals surface area contributed by atoms with E-state index in [9.17, 15) is 4.79 Å². The highest BCUT2D eigenvalue weighted by atomic mass is 16.4. The van der Waals surface area contributed by atoms with Crippen LogP contribution in [0.3, 0.4) is 0 Å². The van der Waals surface area contributed by atoms with Gasteiger partial charge in [-0.05, 0) is 34.1 Å². The summed E-state index contributed by atoms with van der Waals surface area (Å²) in [5.41, 5.74) is 2.41. The Hall–Kier alpha value is -2.09. The highest BCUT2D eigenvalue weighted by molar-refractivity contribution is 6.00. The summed E-state index contributed by atoms with van der Waals surface area (Å²) in [6.45, 7) is 0. The summed E-state index contributed by atoms with van der Waals surface area (Å²) in [7, 11) is 0. The van der Waals surface area contributed by atoms with Crippen molar-refractivity contribution in [3.05, 3.63) is 58.0 Å². The van der Waals surface area contributed by atoms with Crippen LogP contribution in [0, 0.1) is 0 Å². The normalized spacial score (nSPS) is 16.9. The Morgan fingerprint density at radius 3 is 2.81 bits per heavy atom. The molecule has 2 nitrogen and oxygen atoms in total. The highest BCUT2D eigenvalue weighted by Gasteiger charge is 2.20. The molecule has 1 aromatic rings. The van der Waals surface area contributed by atoms with Crippen molar-refractivity contribution >= 4 is 17.6 Å². The van der Waals surface area contributed by atoms with Crippen molar-refractivity contribution in [2.24, 2.45) is 0 Å². The van der Waals surface area contributed by atoms with Crippen LogP contribution in [0.1, 0.15) is 6.42 Å². The van der Waals surface area contributed by atoms with E-state index in [0.29, 0.717) is 12.0 Å². The molecule has 0 saturated heterocycles. The van der Waals surface area contributed by atoms with Crippen molar-refractivity contribution in [3.63, 3.8) is 0 Å². The number of benzene rings is 1. The summed E-state index contributed by atoms with van der Waals surface area (Å²) in [6, 6.07) is 7.99. The number of rotatable bonds is 1. The van der Waals surface area contributed by atoms with Crippen molar-refractivity contribution in [2.45, 2.75) is 6.42 Å². The predicted octanol–water partition coefficient (Wildman–Crippen LogP) is 0.973. The maximum atomic E-state index is 11.1. The Bertz CT molecular complexity index is 660. The molecule has 0 bridgehead atoms. The van der Waals surface area contributed by atoms with E-state index < -0.39 is 5.97 Å². The largest absolute Gasteiger partial charge is 0.478 e. The van der Waals surface area contributed by atoms with E-state index in [1.807, 2.05) is 42.5 Å². The number of hydrogen-bond acceptors (Lipinski definition) is 1. The van der Waals surface area contributed by atoms with Crippen LogP contribution in [0.4, 0.5) is 0 Å². The Balaban J connectivity index is 2.41. The number of fused-ring (bicyclic) bond motifs is 2. The van der Waals surface area contributed by atoms with Crippen LogP contribution in [-0.4, -0.2) is 11.1 Å². The van der Waals surface area contributed by atoms with Gasteiger partial charge in [0.1, 0.15) is 0 Å². The molecule has 0 fully saturated rings. The fourth-order valence-electron chi connectivity index (χ4n) is 2.28. The minimum absolute atomic E-state index is 0.494. The molecule has 0 atom stereocenters. The Labute approximate surface area is 92.5 Å². The molecule has 2 aliphatic rings. The van der Waals surface area contributed by atoms with Crippen LogP contribution in [0.15, 0.2) is 47.6 Å². The molecule has 0 unspecified atom stereocenters. The van der Waals surface area contributed by atoms with E-state index in [-0.39, 0.29) is 0 Å². The number of hydrogen-bond donors (Lipinski definition) is 1. The first-order valence-electron chi connectivity index (χ1n) is 5.22. The predicted molar refractivity (Wildman–Crippen MR) is 62.0 cm³/mol. The molecule has 2 aliphatic carbocycles. The third kappa shape index (κ3) is 1.16. The molecule has 78 valence electrons. The fraction of sp³-hybridized carbons (Fsp3) is 0.0714. The Kier molecular flexibility index (Phi) is 1.83. The number of aliphatic carboxylic acids is 1. The second-order valence-corrected chi connectivity index (χ2v) is 3.95. The quantitative estimate of drug-likeness (QED) is 0.750. The number of carboxylic acid groups (broad SMARTS) is 1. The highest BCUT2D eigenvalue weighted by Crippen LogP contribution is 2.27. The molecule has 3 rings (SSSR count). The molecule has 1 N–H and O–H groups in total. The van der Waals surface area contributed by atoms with E-state index in [2.05, 4.69) is 0 Å². The van der Waals surface area contributed by atoms with Gasteiger partial charge < -0.3 is 5.11 Å². The van der Waals surface area contributed by atoms with E-state index >= 15 is 0 Å². The molecular formula is C14H10O2. The monoisotopic (exact) mass is 210 g/mol. The average Bonchev–Trinajstić information content (AvgIpc) is 2.67. The zero-order valence-electron chi connectivity index (χ0n) is 8.60. The van der Waals surface area contributed by atoms with E-state index in [1.165, 1.54) is 0 Å². The first-order chi connectivity index (χ1) is 7.77. The average molecular weight is 210 g/mol. The van der Waals surface area contributed by atoms with Gasteiger partial charge in [-0.1, -0.05) is 36.4 Å². The maximum Gasteiger partial charge on any atom is 0.332 e. The van der Waals surface area contributed by atoms with E-state index in [1.54, 1.807) is 0 Å². The third-order valence-corrected chi connectivity index (χ3v) is 3.03. The molecule has 0 aliphatic heterocycles. The molecule has 0 amide bonds. The van der Waals surface area contributed by atoms with Crippen molar-refractivity contribution < 1.29 is 9.90 Å². The van der Waals surface area contributed by atoms with Crippen molar-refractivity contribution in [1.82, 2.24) is 0 Å². The number of allylic oxidation sites excluding steroid dienone is 3. The summed E-state index contributed by atoms with van der Waals surface area (Å²) >= 11 is 0. The number of carboxylic acids is 1. The molecule has 0 heterocycles. The van der Waals surface area contributed by atoms with Gasteiger partial charge in [-0.2, -0.15) is 0 Å². The van der Waals surface area contributed by atoms with Gasteiger partial charge in [0.05, 0.1) is 0 Å². The van der Waals surface area contributed by atoms with Crippen LogP contribution in [0.2, 0.25) is 0 Å². The minimum atomic E-state index is -0.819. The van der Waals surface area contributed by atoms with Crippen LogP contribution >= 0.6 is 0 Å². The SMILES string of the molecule is O=C(O)C1=C2C=c3ccccc3=C2C=CC1. The second kappa shape index (κ2) is 3.20. The number of carbonyl (C=O) groups is 1. The second-order valence-electron chi connectivity index (χ2n) is 3.95. The summed E-state index contributed by atoms with van der Waals surface area (Å²) in [5, 5.41) is 11.4. The van der Waals surface area contributed by atoms with Gasteiger partial charge in [-0.25, -0.2) is 4.79 Å². The van der Waals surface area contributed by atoms with E-state index in [4.69, 9.17) is 5.11 Å². The molecule has 16 heavy (non-hydrogen) atoms. The molecular weight excluding hydrogens is 200 g/mol. The lowest BCUT2D eigenvalue weighted by atomic mass is 9.94. The lowest BCUT2D eigenvalue weighted by Gasteiger charge is -2.10. The van der Waals surface area contributed by atoms with Gasteiger partial charge >= 0.3 is 5.97 Å². The minimum Gasteiger partial charge on any atom is -0.478 e. The fourth-order valence-corrected chi connectivity index (χ4v) is 2.28.